The summed E-state index contributed by atoms with van der Waals surface area (Å²) < 4.78 is 0. The van der Waals surface area contributed by atoms with Crippen molar-refractivity contribution in [1.82, 2.24) is 10.2 Å². The van der Waals surface area contributed by atoms with Crippen molar-refractivity contribution in [1.29, 1.82) is 0 Å². The van der Waals surface area contributed by atoms with Gasteiger partial charge in [0, 0.05) is 6.04 Å². The van der Waals surface area contributed by atoms with Crippen LogP contribution in [0.2, 0.25) is 0 Å². The predicted molar refractivity (Wildman–Crippen MR) is 54.0 cm³/mol. The molecule has 15 heavy (non-hydrogen) atoms. The van der Waals surface area contributed by atoms with Crippen molar-refractivity contribution in [2.75, 3.05) is 13.2 Å². The van der Waals surface area contributed by atoms with Crippen LogP contribution in [-0.2, 0) is 4.79 Å². The van der Waals surface area contributed by atoms with Gasteiger partial charge in [-0.1, -0.05) is 0 Å². The van der Waals surface area contributed by atoms with Gasteiger partial charge < -0.3 is 10.8 Å². The van der Waals surface area contributed by atoms with Gasteiger partial charge in [-0.3, -0.25) is 15.0 Å². The fraction of sp³-hybridized carbons (Fsp3) is 0.778. The van der Waals surface area contributed by atoms with Gasteiger partial charge in [-0.15, -0.1) is 0 Å². The van der Waals surface area contributed by atoms with Crippen LogP contribution in [-0.4, -0.2) is 47.2 Å². The Labute approximate surface area is 88.4 Å². The molecule has 4 N–H and O–H groups in total. The Bertz CT molecular complexity index is 257. The van der Waals surface area contributed by atoms with Gasteiger partial charge in [0.25, 0.3) is 0 Å². The monoisotopic (exact) mass is 215 g/mol. The number of aliphatic hydroxyl groups excluding tert-OH is 1. The molecule has 0 aromatic rings. The number of imide groups is 1. The van der Waals surface area contributed by atoms with Crippen LogP contribution in [0.4, 0.5) is 4.79 Å². The molecule has 6 nitrogen and oxygen atoms in total. The summed E-state index contributed by atoms with van der Waals surface area (Å²) in [5, 5.41) is 11.1. The highest BCUT2D eigenvalue weighted by atomic mass is 16.3. The standard InChI is InChI=1S/C9H17N3O3/c1-6(8(14)11-9(10)15)12-4-2-3-7(12)5-13/h6-7,13H,2-5H2,1H3,(H3,10,11,14,15)/t6?,7-/m1/s1. The molecular formula is C9H17N3O3. The lowest BCUT2D eigenvalue weighted by atomic mass is 10.2. The maximum absolute atomic E-state index is 11.5. The summed E-state index contributed by atoms with van der Waals surface area (Å²) in [4.78, 5) is 23.9. The van der Waals surface area contributed by atoms with E-state index < -0.39 is 18.0 Å². The first-order valence-electron chi connectivity index (χ1n) is 5.03. The fourth-order valence-corrected chi connectivity index (χ4v) is 1.94. The molecule has 1 unspecified atom stereocenters. The van der Waals surface area contributed by atoms with E-state index >= 15 is 0 Å². The zero-order valence-corrected chi connectivity index (χ0v) is 8.77. The molecule has 0 aromatic carbocycles. The summed E-state index contributed by atoms with van der Waals surface area (Å²) in [6.45, 7) is 2.50. The van der Waals surface area contributed by atoms with E-state index in [1.54, 1.807) is 6.92 Å². The fourth-order valence-electron chi connectivity index (χ4n) is 1.94. The Hall–Kier alpha value is -1.14. The lowest BCUT2D eigenvalue weighted by molar-refractivity contribution is -0.125. The minimum Gasteiger partial charge on any atom is -0.395 e. The molecule has 0 radical (unpaired) electrons. The second-order valence-electron chi connectivity index (χ2n) is 3.75. The predicted octanol–water partition coefficient (Wildman–Crippen LogP) is -0.973. The highest BCUT2D eigenvalue weighted by Gasteiger charge is 2.31. The Kier molecular flexibility index (Phi) is 4.05. The second kappa shape index (κ2) is 5.09. The second-order valence-corrected chi connectivity index (χ2v) is 3.75. The smallest absolute Gasteiger partial charge is 0.318 e. The molecule has 0 aliphatic carbocycles. The molecule has 1 aliphatic rings. The number of hydrogen-bond donors (Lipinski definition) is 3. The Morgan fingerprint density at radius 2 is 2.33 bits per heavy atom. The number of hydrogen-bond acceptors (Lipinski definition) is 4. The summed E-state index contributed by atoms with van der Waals surface area (Å²) in [5.41, 5.74) is 4.86. The van der Waals surface area contributed by atoms with E-state index in [9.17, 15) is 9.59 Å². The topological polar surface area (TPSA) is 95.7 Å². The number of nitrogens with one attached hydrogen (secondary N) is 1. The summed E-state index contributed by atoms with van der Waals surface area (Å²) >= 11 is 0. The Balaban J connectivity index is 2.55. The molecule has 0 aromatic heterocycles. The van der Waals surface area contributed by atoms with E-state index in [0.717, 1.165) is 19.4 Å². The van der Waals surface area contributed by atoms with E-state index in [1.165, 1.54) is 0 Å². The number of nitrogens with zero attached hydrogens (tertiary/aromatic N) is 1. The third-order valence-corrected chi connectivity index (χ3v) is 2.76. The van der Waals surface area contributed by atoms with Gasteiger partial charge in [0.15, 0.2) is 0 Å². The largest absolute Gasteiger partial charge is 0.395 e. The normalized spacial score (nSPS) is 23.7. The molecule has 2 atom stereocenters. The molecule has 0 bridgehead atoms. The van der Waals surface area contributed by atoms with Crippen molar-refractivity contribution < 1.29 is 14.7 Å². The number of carbonyl (C=O) groups excluding carboxylic acids is 2. The van der Waals surface area contributed by atoms with Crippen LogP contribution < -0.4 is 11.1 Å². The zero-order valence-electron chi connectivity index (χ0n) is 8.77. The van der Waals surface area contributed by atoms with Crippen LogP contribution >= 0.6 is 0 Å². The molecule has 3 amide bonds. The maximum atomic E-state index is 11.5. The average Bonchev–Trinajstić information content (AvgIpc) is 2.62. The van der Waals surface area contributed by atoms with Crippen LogP contribution in [0.3, 0.4) is 0 Å². The number of carbonyl (C=O) groups is 2. The van der Waals surface area contributed by atoms with Gasteiger partial charge in [0.05, 0.1) is 12.6 Å². The quantitative estimate of drug-likeness (QED) is 0.564. The number of amides is 3. The molecule has 86 valence electrons. The summed E-state index contributed by atoms with van der Waals surface area (Å²) in [7, 11) is 0. The van der Waals surface area contributed by atoms with Crippen molar-refractivity contribution in [2.24, 2.45) is 5.73 Å². The zero-order chi connectivity index (χ0) is 11.4. The number of likely N-dealkylation sites (tertiary alicyclic amines) is 1. The minimum absolute atomic E-state index is 0.0126. The van der Waals surface area contributed by atoms with Gasteiger partial charge in [0.1, 0.15) is 0 Å². The van der Waals surface area contributed by atoms with E-state index in [-0.39, 0.29) is 12.6 Å². The third-order valence-electron chi connectivity index (χ3n) is 2.76. The van der Waals surface area contributed by atoms with Crippen molar-refractivity contribution in [3.05, 3.63) is 0 Å². The number of nitrogens with two attached hydrogens (primary N) is 1. The summed E-state index contributed by atoms with van der Waals surface area (Å²) in [5.74, 6) is -0.414. The molecule has 1 saturated heterocycles. The number of urea groups is 1. The SMILES string of the molecule is CC(C(=O)NC(N)=O)N1CCC[C@@H]1CO. The first-order valence-corrected chi connectivity index (χ1v) is 5.03. The van der Waals surface area contributed by atoms with Crippen LogP contribution in [0.25, 0.3) is 0 Å². The molecule has 6 heteroatoms. The van der Waals surface area contributed by atoms with E-state index in [1.807, 2.05) is 10.2 Å². The van der Waals surface area contributed by atoms with Crippen molar-refractivity contribution in [2.45, 2.75) is 31.8 Å². The van der Waals surface area contributed by atoms with Gasteiger partial charge in [-0.2, -0.15) is 0 Å². The first-order chi connectivity index (χ1) is 7.06. The van der Waals surface area contributed by atoms with E-state index in [4.69, 9.17) is 10.8 Å². The lowest BCUT2D eigenvalue weighted by Gasteiger charge is -2.28. The average molecular weight is 215 g/mol. The first kappa shape index (κ1) is 11.9. The minimum atomic E-state index is -0.841. The van der Waals surface area contributed by atoms with Crippen LogP contribution in [0.1, 0.15) is 19.8 Å². The van der Waals surface area contributed by atoms with Crippen LogP contribution in [0, 0.1) is 0 Å². The third kappa shape index (κ3) is 2.90. The Morgan fingerprint density at radius 3 is 2.87 bits per heavy atom. The molecule has 1 heterocycles. The highest BCUT2D eigenvalue weighted by Crippen LogP contribution is 2.19. The highest BCUT2D eigenvalue weighted by molar-refractivity contribution is 5.96. The lowest BCUT2D eigenvalue weighted by Crippen LogP contribution is -2.50. The molecule has 0 spiro atoms. The van der Waals surface area contributed by atoms with Gasteiger partial charge >= 0.3 is 6.03 Å². The van der Waals surface area contributed by atoms with Gasteiger partial charge in [0.2, 0.25) is 5.91 Å². The maximum Gasteiger partial charge on any atom is 0.318 e. The van der Waals surface area contributed by atoms with Gasteiger partial charge in [-0.05, 0) is 26.3 Å². The van der Waals surface area contributed by atoms with Crippen LogP contribution in [0.5, 0.6) is 0 Å². The van der Waals surface area contributed by atoms with E-state index in [2.05, 4.69) is 0 Å². The van der Waals surface area contributed by atoms with Crippen molar-refractivity contribution in [3.8, 4) is 0 Å². The molecule has 0 saturated carbocycles. The number of primary amides is 1. The molecule has 1 rings (SSSR count). The Morgan fingerprint density at radius 1 is 1.67 bits per heavy atom. The molecule has 1 fully saturated rings. The number of aliphatic hydroxyl groups is 1. The van der Waals surface area contributed by atoms with Crippen LogP contribution in [0.15, 0.2) is 0 Å². The molecule has 1 aliphatic heterocycles. The van der Waals surface area contributed by atoms with Gasteiger partial charge in [-0.25, -0.2) is 4.79 Å². The van der Waals surface area contributed by atoms with E-state index in [0.29, 0.717) is 0 Å². The van der Waals surface area contributed by atoms with Crippen molar-refractivity contribution in [3.63, 3.8) is 0 Å². The number of rotatable bonds is 3. The van der Waals surface area contributed by atoms with Crippen molar-refractivity contribution >= 4 is 11.9 Å². The summed E-state index contributed by atoms with van der Waals surface area (Å²) in [6, 6.07) is -1.26. The summed E-state index contributed by atoms with van der Waals surface area (Å²) in [6.07, 6.45) is 1.84. The molecular weight excluding hydrogens is 198 g/mol.